The lowest BCUT2D eigenvalue weighted by molar-refractivity contribution is -0.577. The summed E-state index contributed by atoms with van der Waals surface area (Å²) < 4.78 is 0.669. The van der Waals surface area contributed by atoms with E-state index in [1.165, 1.54) is 18.5 Å². The molecule has 0 saturated carbocycles. The van der Waals surface area contributed by atoms with Gasteiger partial charge in [-0.2, -0.15) is 4.73 Å². The molecule has 0 aliphatic heterocycles. The third-order valence-electron chi connectivity index (χ3n) is 1.60. The minimum absolute atomic E-state index is 0.00157. The molecule has 1 N–H and O–H groups in total. The van der Waals surface area contributed by atoms with E-state index < -0.39 is 0 Å². The summed E-state index contributed by atoms with van der Waals surface area (Å²) in [6, 6.07) is 4.71. The van der Waals surface area contributed by atoms with E-state index in [2.05, 4.69) is 4.98 Å². The van der Waals surface area contributed by atoms with Crippen molar-refractivity contribution in [1.82, 2.24) is 4.98 Å². The first-order valence-corrected chi connectivity index (χ1v) is 3.44. The van der Waals surface area contributed by atoms with Gasteiger partial charge in [0.1, 0.15) is 11.3 Å². The Morgan fingerprint density at radius 1 is 1.50 bits per heavy atom. The summed E-state index contributed by atoms with van der Waals surface area (Å²) in [6.45, 7) is 0. The van der Waals surface area contributed by atoms with Gasteiger partial charge in [0.15, 0.2) is 6.20 Å². The second-order valence-corrected chi connectivity index (χ2v) is 2.43. The van der Waals surface area contributed by atoms with Crippen LogP contribution >= 0.6 is 0 Å². The van der Waals surface area contributed by atoms with Crippen LogP contribution in [0.15, 0.2) is 30.6 Å². The Hall–Kier alpha value is -1.84. The van der Waals surface area contributed by atoms with Crippen LogP contribution in [0.25, 0.3) is 11.0 Å². The zero-order valence-corrected chi connectivity index (χ0v) is 6.14. The van der Waals surface area contributed by atoms with E-state index in [9.17, 15) is 5.21 Å². The first-order valence-electron chi connectivity index (χ1n) is 3.44. The predicted molar refractivity (Wildman–Crippen MR) is 42.4 cm³/mol. The summed E-state index contributed by atoms with van der Waals surface area (Å²) in [4.78, 5) is 3.87. The zero-order chi connectivity index (χ0) is 8.55. The number of rotatable bonds is 0. The van der Waals surface area contributed by atoms with Crippen molar-refractivity contribution in [3.8, 4) is 5.75 Å². The second kappa shape index (κ2) is 2.34. The quantitative estimate of drug-likeness (QED) is 0.455. The lowest BCUT2D eigenvalue weighted by atomic mass is 10.3. The van der Waals surface area contributed by atoms with Crippen molar-refractivity contribution in [3.05, 3.63) is 35.8 Å². The molecule has 0 aromatic carbocycles. The predicted octanol–water partition coefficient (Wildman–Crippen LogP) is 0.574. The van der Waals surface area contributed by atoms with Crippen LogP contribution in [-0.4, -0.2) is 10.1 Å². The van der Waals surface area contributed by atoms with Gasteiger partial charge < -0.3 is 10.3 Å². The van der Waals surface area contributed by atoms with Gasteiger partial charge in [-0.15, -0.1) is 0 Å². The van der Waals surface area contributed by atoms with Gasteiger partial charge in [0.2, 0.25) is 5.52 Å². The molecule has 4 heteroatoms. The molecule has 0 spiro atoms. The normalized spacial score (nSPS) is 10.3. The van der Waals surface area contributed by atoms with Crippen molar-refractivity contribution < 1.29 is 9.84 Å². The van der Waals surface area contributed by atoms with E-state index in [4.69, 9.17) is 5.11 Å². The van der Waals surface area contributed by atoms with Gasteiger partial charge in [-0.05, 0) is 6.07 Å². The van der Waals surface area contributed by atoms with Gasteiger partial charge in [-0.25, -0.2) is 4.98 Å². The summed E-state index contributed by atoms with van der Waals surface area (Å²) in [7, 11) is 0. The van der Waals surface area contributed by atoms with E-state index in [-0.39, 0.29) is 5.75 Å². The van der Waals surface area contributed by atoms with Gasteiger partial charge in [-0.1, -0.05) is 0 Å². The van der Waals surface area contributed by atoms with Crippen molar-refractivity contribution in [2.24, 2.45) is 0 Å². The van der Waals surface area contributed by atoms with Crippen molar-refractivity contribution in [1.29, 1.82) is 0 Å². The largest absolute Gasteiger partial charge is 0.618 e. The topological polar surface area (TPSA) is 60.1 Å². The molecule has 0 radical (unpaired) electrons. The van der Waals surface area contributed by atoms with Crippen molar-refractivity contribution in [2.75, 3.05) is 0 Å². The number of hydrogen-bond acceptors (Lipinski definition) is 3. The van der Waals surface area contributed by atoms with Crippen LogP contribution in [0.4, 0.5) is 0 Å². The molecule has 2 heterocycles. The van der Waals surface area contributed by atoms with Crippen LogP contribution in [0, 0.1) is 5.21 Å². The van der Waals surface area contributed by atoms with E-state index in [1.54, 1.807) is 12.1 Å². The highest BCUT2D eigenvalue weighted by Gasteiger charge is 2.03. The first-order chi connectivity index (χ1) is 5.77. The Morgan fingerprint density at radius 2 is 2.33 bits per heavy atom. The lowest BCUT2D eigenvalue weighted by Crippen LogP contribution is -2.25. The Labute approximate surface area is 68.3 Å². The molecule has 12 heavy (non-hydrogen) atoms. The maximum absolute atomic E-state index is 11.1. The molecule has 2 aromatic rings. The highest BCUT2D eigenvalue weighted by Crippen LogP contribution is 2.12. The number of aromatic nitrogens is 2. The number of pyridine rings is 2. The van der Waals surface area contributed by atoms with Gasteiger partial charge in [0.25, 0.3) is 0 Å². The molecule has 2 rings (SSSR count). The third kappa shape index (κ3) is 0.934. The van der Waals surface area contributed by atoms with Crippen LogP contribution in [-0.2, 0) is 0 Å². The fourth-order valence-corrected chi connectivity index (χ4v) is 1.05. The second-order valence-electron chi connectivity index (χ2n) is 2.43. The summed E-state index contributed by atoms with van der Waals surface area (Å²) in [5, 5.41) is 20.1. The van der Waals surface area contributed by atoms with Crippen LogP contribution in [0.3, 0.4) is 0 Å². The molecule has 60 valence electrons. The number of nitrogens with zero attached hydrogens (tertiary/aromatic N) is 2. The lowest BCUT2D eigenvalue weighted by Gasteiger charge is -1.99. The van der Waals surface area contributed by atoms with Gasteiger partial charge in [0, 0.05) is 6.07 Å². The minimum Gasteiger partial charge on any atom is -0.618 e. The first kappa shape index (κ1) is 6.84. The smallest absolute Gasteiger partial charge is 0.246 e. The fraction of sp³-hybridized carbons (Fsp3) is 0. The third-order valence-corrected chi connectivity index (χ3v) is 1.60. The fourth-order valence-electron chi connectivity index (χ4n) is 1.05. The van der Waals surface area contributed by atoms with Crippen molar-refractivity contribution >= 4 is 11.0 Å². The van der Waals surface area contributed by atoms with Crippen LogP contribution in [0.5, 0.6) is 5.75 Å². The average Bonchev–Trinajstić information content (AvgIpc) is 2.07. The van der Waals surface area contributed by atoms with E-state index in [1.807, 2.05) is 0 Å². The molecule has 0 aliphatic rings. The Kier molecular flexibility index (Phi) is 1.33. The molecule has 0 atom stereocenters. The average molecular weight is 162 g/mol. The van der Waals surface area contributed by atoms with Crippen LogP contribution in [0.2, 0.25) is 0 Å². The number of fused-ring (bicyclic) bond motifs is 1. The maximum atomic E-state index is 11.1. The molecule has 0 saturated heterocycles. The van der Waals surface area contributed by atoms with Gasteiger partial charge >= 0.3 is 0 Å². The molecule has 0 amide bonds. The minimum atomic E-state index is -0.00157. The molecule has 0 fully saturated rings. The van der Waals surface area contributed by atoms with Gasteiger partial charge in [-0.3, -0.25) is 0 Å². The molecule has 0 bridgehead atoms. The number of aromatic hydroxyl groups is 1. The summed E-state index contributed by atoms with van der Waals surface area (Å²) in [6.07, 6.45) is 2.67. The van der Waals surface area contributed by atoms with E-state index >= 15 is 0 Å². The summed E-state index contributed by atoms with van der Waals surface area (Å²) >= 11 is 0. The Morgan fingerprint density at radius 3 is 3.17 bits per heavy atom. The maximum Gasteiger partial charge on any atom is 0.246 e. The van der Waals surface area contributed by atoms with Crippen molar-refractivity contribution in [2.45, 2.75) is 0 Å². The van der Waals surface area contributed by atoms with Crippen molar-refractivity contribution in [3.63, 3.8) is 0 Å². The van der Waals surface area contributed by atoms with Gasteiger partial charge in [0.05, 0.1) is 12.3 Å². The molecular formula is C8H6N2O2. The molecule has 2 aromatic heterocycles. The van der Waals surface area contributed by atoms with E-state index in [0.717, 1.165) is 0 Å². The summed E-state index contributed by atoms with van der Waals surface area (Å²) in [5.41, 5.74) is 0.947. The SMILES string of the molecule is [O-][n+]1cccc2ncc(O)cc21. The zero-order valence-electron chi connectivity index (χ0n) is 6.14. The summed E-state index contributed by atoms with van der Waals surface area (Å²) in [5.74, 6) is -0.00157. The van der Waals surface area contributed by atoms with Crippen LogP contribution < -0.4 is 4.73 Å². The Balaban J connectivity index is 2.88. The Bertz CT molecular complexity index is 428. The highest BCUT2D eigenvalue weighted by atomic mass is 16.5. The highest BCUT2D eigenvalue weighted by molar-refractivity contribution is 5.71. The molecule has 0 unspecified atom stereocenters. The standard InChI is InChI=1S/C8H6N2O2/c11-6-4-8-7(9-5-6)2-1-3-10(8)12/h1-5,11H. The molecule has 0 aliphatic carbocycles. The van der Waals surface area contributed by atoms with Crippen LogP contribution in [0.1, 0.15) is 0 Å². The molecular weight excluding hydrogens is 156 g/mol. The number of hydrogen-bond donors (Lipinski definition) is 1. The molecule has 4 nitrogen and oxygen atoms in total. The van der Waals surface area contributed by atoms with E-state index in [0.29, 0.717) is 15.8 Å². The monoisotopic (exact) mass is 162 g/mol.